The molecule has 104 valence electrons. The molecule has 0 aromatic rings. The van der Waals surface area contributed by atoms with Gasteiger partial charge in [0, 0.05) is 25.2 Å². The first kappa shape index (κ1) is 12.9. The van der Waals surface area contributed by atoms with E-state index in [1.807, 2.05) is 0 Å². The standard InChI is InChI=1S/C13H24N2O2S/c1-18(16,17)15-6-4-12(5-7-15)14-13-9-10-2-3-11(13)8-10/h10-14H,2-9H2,1H3. The van der Waals surface area contributed by atoms with E-state index >= 15 is 0 Å². The van der Waals surface area contributed by atoms with Gasteiger partial charge in [-0.15, -0.1) is 0 Å². The number of rotatable bonds is 3. The molecule has 1 saturated heterocycles. The fraction of sp³-hybridized carbons (Fsp3) is 1.00. The van der Waals surface area contributed by atoms with Gasteiger partial charge in [-0.25, -0.2) is 12.7 Å². The molecule has 18 heavy (non-hydrogen) atoms. The minimum absolute atomic E-state index is 0.535. The lowest BCUT2D eigenvalue weighted by Gasteiger charge is -2.34. The van der Waals surface area contributed by atoms with Crippen LogP contribution in [0.4, 0.5) is 0 Å². The quantitative estimate of drug-likeness (QED) is 0.839. The van der Waals surface area contributed by atoms with E-state index < -0.39 is 10.0 Å². The van der Waals surface area contributed by atoms with E-state index in [-0.39, 0.29) is 0 Å². The predicted molar refractivity (Wildman–Crippen MR) is 71.8 cm³/mol. The van der Waals surface area contributed by atoms with Crippen LogP contribution in [0.1, 0.15) is 38.5 Å². The van der Waals surface area contributed by atoms with E-state index in [0.717, 1.165) is 30.7 Å². The topological polar surface area (TPSA) is 49.4 Å². The van der Waals surface area contributed by atoms with Crippen LogP contribution in [-0.4, -0.2) is 44.2 Å². The first-order valence-electron chi connectivity index (χ1n) is 7.23. The van der Waals surface area contributed by atoms with Crippen LogP contribution in [0.25, 0.3) is 0 Å². The molecule has 5 heteroatoms. The van der Waals surface area contributed by atoms with Crippen molar-refractivity contribution in [1.29, 1.82) is 0 Å². The third kappa shape index (κ3) is 2.58. The molecule has 3 fully saturated rings. The summed E-state index contributed by atoms with van der Waals surface area (Å²) >= 11 is 0. The number of hydrogen-bond acceptors (Lipinski definition) is 3. The lowest BCUT2D eigenvalue weighted by atomic mass is 9.93. The van der Waals surface area contributed by atoms with Crippen LogP contribution in [0.5, 0.6) is 0 Å². The molecule has 3 rings (SSSR count). The van der Waals surface area contributed by atoms with E-state index in [1.165, 1.54) is 31.9 Å². The second-order valence-electron chi connectivity index (χ2n) is 6.38. The number of nitrogens with one attached hydrogen (secondary N) is 1. The van der Waals surface area contributed by atoms with Gasteiger partial charge in [0.2, 0.25) is 10.0 Å². The lowest BCUT2D eigenvalue weighted by molar-refractivity contribution is 0.245. The van der Waals surface area contributed by atoms with Crippen LogP contribution >= 0.6 is 0 Å². The highest BCUT2D eigenvalue weighted by molar-refractivity contribution is 7.88. The second-order valence-corrected chi connectivity index (χ2v) is 8.37. The average Bonchev–Trinajstić information content (AvgIpc) is 2.90. The van der Waals surface area contributed by atoms with Crippen molar-refractivity contribution in [3.63, 3.8) is 0 Å². The lowest BCUT2D eigenvalue weighted by Crippen LogP contribution is -2.48. The molecule has 0 spiro atoms. The van der Waals surface area contributed by atoms with Crippen LogP contribution in [0, 0.1) is 11.8 Å². The molecule has 0 aromatic carbocycles. The van der Waals surface area contributed by atoms with Gasteiger partial charge >= 0.3 is 0 Å². The number of fused-ring (bicyclic) bond motifs is 2. The van der Waals surface area contributed by atoms with Gasteiger partial charge in [-0.2, -0.15) is 0 Å². The van der Waals surface area contributed by atoms with Crippen molar-refractivity contribution in [2.45, 2.75) is 50.6 Å². The van der Waals surface area contributed by atoms with E-state index in [2.05, 4.69) is 5.32 Å². The summed E-state index contributed by atoms with van der Waals surface area (Å²) in [7, 11) is -2.98. The molecule has 2 aliphatic carbocycles. The van der Waals surface area contributed by atoms with Gasteiger partial charge < -0.3 is 5.32 Å². The van der Waals surface area contributed by atoms with Gasteiger partial charge in [-0.3, -0.25) is 0 Å². The van der Waals surface area contributed by atoms with Crippen LogP contribution in [-0.2, 0) is 10.0 Å². The predicted octanol–water partition coefficient (Wildman–Crippen LogP) is 1.19. The Morgan fingerprint density at radius 1 is 1.06 bits per heavy atom. The Labute approximate surface area is 110 Å². The molecular formula is C13H24N2O2S. The van der Waals surface area contributed by atoms with Crippen molar-refractivity contribution < 1.29 is 8.42 Å². The van der Waals surface area contributed by atoms with Crippen LogP contribution in [0.3, 0.4) is 0 Å². The summed E-state index contributed by atoms with van der Waals surface area (Å²) in [5.41, 5.74) is 0. The van der Waals surface area contributed by atoms with Crippen molar-refractivity contribution in [1.82, 2.24) is 9.62 Å². The molecule has 3 aliphatic rings. The highest BCUT2D eigenvalue weighted by atomic mass is 32.2. The monoisotopic (exact) mass is 272 g/mol. The molecule has 1 heterocycles. The average molecular weight is 272 g/mol. The summed E-state index contributed by atoms with van der Waals surface area (Å²) in [6.45, 7) is 1.38. The third-order valence-electron chi connectivity index (χ3n) is 5.11. The maximum Gasteiger partial charge on any atom is 0.211 e. The highest BCUT2D eigenvalue weighted by Gasteiger charge is 2.40. The Bertz CT molecular complexity index is 401. The van der Waals surface area contributed by atoms with Gasteiger partial charge in [0.15, 0.2) is 0 Å². The molecule has 3 atom stereocenters. The summed E-state index contributed by atoms with van der Waals surface area (Å²) < 4.78 is 24.5. The van der Waals surface area contributed by atoms with Crippen molar-refractivity contribution in [2.24, 2.45) is 11.8 Å². The maximum atomic E-state index is 11.4. The van der Waals surface area contributed by atoms with Gasteiger partial charge in [0.1, 0.15) is 0 Å². The smallest absolute Gasteiger partial charge is 0.211 e. The molecular weight excluding hydrogens is 248 g/mol. The van der Waals surface area contributed by atoms with E-state index in [9.17, 15) is 8.42 Å². The van der Waals surface area contributed by atoms with E-state index in [0.29, 0.717) is 19.1 Å². The fourth-order valence-electron chi connectivity index (χ4n) is 4.11. The first-order valence-corrected chi connectivity index (χ1v) is 9.08. The SMILES string of the molecule is CS(=O)(=O)N1CCC(NC2CC3CCC2C3)CC1. The second kappa shape index (κ2) is 4.76. The zero-order chi connectivity index (χ0) is 12.8. The molecule has 1 N–H and O–H groups in total. The van der Waals surface area contributed by atoms with Gasteiger partial charge in [0.05, 0.1) is 6.26 Å². The summed E-state index contributed by atoms with van der Waals surface area (Å²) in [5, 5.41) is 3.80. The van der Waals surface area contributed by atoms with Gasteiger partial charge in [-0.1, -0.05) is 6.42 Å². The summed E-state index contributed by atoms with van der Waals surface area (Å²) in [6, 6.07) is 1.26. The largest absolute Gasteiger partial charge is 0.311 e. The summed E-state index contributed by atoms with van der Waals surface area (Å²) in [4.78, 5) is 0. The minimum atomic E-state index is -2.98. The zero-order valence-corrected chi connectivity index (χ0v) is 12.0. The zero-order valence-electron chi connectivity index (χ0n) is 11.1. The van der Waals surface area contributed by atoms with Crippen molar-refractivity contribution in [3.8, 4) is 0 Å². The minimum Gasteiger partial charge on any atom is -0.311 e. The molecule has 0 amide bonds. The summed E-state index contributed by atoms with van der Waals surface area (Å²) in [6.07, 6.45) is 8.90. The van der Waals surface area contributed by atoms with Gasteiger partial charge in [0.25, 0.3) is 0 Å². The molecule has 1 aliphatic heterocycles. The number of hydrogen-bond donors (Lipinski definition) is 1. The van der Waals surface area contributed by atoms with E-state index in [1.54, 1.807) is 4.31 Å². The van der Waals surface area contributed by atoms with Crippen LogP contribution in [0.15, 0.2) is 0 Å². The molecule has 2 bridgehead atoms. The fourth-order valence-corrected chi connectivity index (χ4v) is 4.98. The van der Waals surface area contributed by atoms with Gasteiger partial charge in [-0.05, 0) is 43.9 Å². The maximum absolute atomic E-state index is 11.4. The molecule has 4 nitrogen and oxygen atoms in total. The highest BCUT2D eigenvalue weighted by Crippen LogP contribution is 2.44. The molecule has 0 aromatic heterocycles. The van der Waals surface area contributed by atoms with Crippen LogP contribution in [0.2, 0.25) is 0 Å². The number of nitrogens with zero attached hydrogens (tertiary/aromatic N) is 1. The summed E-state index contributed by atoms with van der Waals surface area (Å²) in [5.74, 6) is 1.88. The van der Waals surface area contributed by atoms with Crippen LogP contribution < -0.4 is 5.32 Å². The molecule has 0 radical (unpaired) electrons. The Morgan fingerprint density at radius 2 is 1.78 bits per heavy atom. The Kier molecular flexibility index (Phi) is 3.41. The van der Waals surface area contributed by atoms with E-state index in [4.69, 9.17) is 0 Å². The third-order valence-corrected chi connectivity index (χ3v) is 6.41. The number of sulfonamides is 1. The van der Waals surface area contributed by atoms with Crippen molar-refractivity contribution in [3.05, 3.63) is 0 Å². The number of piperidine rings is 1. The van der Waals surface area contributed by atoms with Crippen molar-refractivity contribution >= 4 is 10.0 Å². The molecule has 2 saturated carbocycles. The first-order chi connectivity index (χ1) is 8.52. The Morgan fingerprint density at radius 3 is 2.28 bits per heavy atom. The van der Waals surface area contributed by atoms with Crippen molar-refractivity contribution in [2.75, 3.05) is 19.3 Å². The Balaban J connectivity index is 1.49. The Hall–Kier alpha value is -0.130. The normalized spacial score (nSPS) is 38.4. The molecule has 3 unspecified atom stereocenters.